The molecule has 1 aromatic heterocycles. The summed E-state index contributed by atoms with van der Waals surface area (Å²) in [5.74, 6) is -0.384. The monoisotopic (exact) mass is 336 g/mol. The highest BCUT2D eigenvalue weighted by Crippen LogP contribution is 2.11. The smallest absolute Gasteiger partial charge is 0.251 e. The van der Waals surface area contributed by atoms with Gasteiger partial charge in [-0.1, -0.05) is 6.07 Å². The molecule has 1 heterocycles. The second-order valence-corrected chi connectivity index (χ2v) is 5.26. The minimum Gasteiger partial charge on any atom is -0.352 e. The van der Waals surface area contributed by atoms with Crippen LogP contribution in [0, 0.1) is 12.7 Å². The van der Waals surface area contributed by atoms with E-state index in [1.807, 2.05) is 6.92 Å². The van der Waals surface area contributed by atoms with E-state index in [1.165, 1.54) is 12.1 Å². The molecule has 1 aromatic carbocycles. The molecule has 0 aliphatic heterocycles. The summed E-state index contributed by atoms with van der Waals surface area (Å²) in [7, 11) is 0. The molecule has 0 bridgehead atoms. The highest BCUT2D eigenvalue weighted by molar-refractivity contribution is 9.10. The molecular weight excluding hydrogens is 323 g/mol. The maximum atomic E-state index is 13.0. The van der Waals surface area contributed by atoms with Gasteiger partial charge in [-0.3, -0.25) is 4.79 Å². The molecule has 0 saturated carbocycles. The number of amides is 1. The summed E-state index contributed by atoms with van der Waals surface area (Å²) < 4.78 is 13.6. The summed E-state index contributed by atoms with van der Waals surface area (Å²) in [5.41, 5.74) is 2.48. The van der Waals surface area contributed by atoms with Crippen LogP contribution < -0.4 is 5.32 Å². The fraction of sp³-hybridized carbons (Fsp3) is 0.200. The number of carbonyl (C=O) groups excluding carboxylic acids is 1. The Bertz CT molecular complexity index is 631. The molecule has 0 radical (unpaired) electrons. The van der Waals surface area contributed by atoms with E-state index in [2.05, 4.69) is 26.2 Å². The lowest BCUT2D eigenvalue weighted by Crippen LogP contribution is -2.25. The van der Waals surface area contributed by atoms with E-state index in [0.717, 1.165) is 11.1 Å². The van der Waals surface area contributed by atoms with Crippen molar-refractivity contribution in [2.45, 2.75) is 13.3 Å². The molecule has 3 nitrogen and oxygen atoms in total. The average Bonchev–Trinajstić information content (AvgIpc) is 2.41. The van der Waals surface area contributed by atoms with Crippen LogP contribution in [0.4, 0.5) is 4.39 Å². The van der Waals surface area contributed by atoms with E-state index in [1.54, 1.807) is 24.4 Å². The first-order valence-electron chi connectivity index (χ1n) is 6.21. The zero-order chi connectivity index (χ0) is 14.5. The molecule has 0 atom stereocenters. The molecule has 1 N–H and O–H groups in total. The Morgan fingerprint density at radius 2 is 2.15 bits per heavy atom. The van der Waals surface area contributed by atoms with E-state index in [0.29, 0.717) is 23.1 Å². The fourth-order valence-corrected chi connectivity index (χ4v) is 2.26. The lowest BCUT2D eigenvalue weighted by Gasteiger charge is -2.08. The van der Waals surface area contributed by atoms with Crippen molar-refractivity contribution >= 4 is 21.8 Å². The molecule has 0 spiro atoms. The Hall–Kier alpha value is -1.75. The van der Waals surface area contributed by atoms with Gasteiger partial charge in [0.15, 0.2) is 0 Å². The average molecular weight is 337 g/mol. The highest BCUT2D eigenvalue weighted by Gasteiger charge is 2.06. The number of benzene rings is 1. The first-order chi connectivity index (χ1) is 9.56. The topological polar surface area (TPSA) is 42.0 Å². The van der Waals surface area contributed by atoms with Gasteiger partial charge >= 0.3 is 0 Å². The molecule has 0 aliphatic rings. The highest BCUT2D eigenvalue weighted by atomic mass is 79.9. The van der Waals surface area contributed by atoms with Gasteiger partial charge in [0.2, 0.25) is 0 Å². The number of pyridine rings is 1. The van der Waals surface area contributed by atoms with Crippen molar-refractivity contribution in [3.63, 3.8) is 0 Å². The Morgan fingerprint density at radius 3 is 2.85 bits per heavy atom. The van der Waals surface area contributed by atoms with E-state index in [-0.39, 0.29) is 11.7 Å². The first kappa shape index (κ1) is 14.7. The number of hydrogen-bond donors (Lipinski definition) is 1. The summed E-state index contributed by atoms with van der Waals surface area (Å²) in [6.45, 7) is 2.37. The third kappa shape index (κ3) is 3.87. The summed E-state index contributed by atoms with van der Waals surface area (Å²) in [6, 6.07) is 8.00. The van der Waals surface area contributed by atoms with Crippen molar-refractivity contribution in [2.75, 3.05) is 6.54 Å². The lowest BCUT2D eigenvalue weighted by atomic mass is 10.1. The standard InChI is InChI=1S/C15H14BrFN2O/c1-10-8-13(17)3-2-11(10)4-7-19-15(20)12-5-6-18-14(16)9-12/h2-3,5-6,8-9H,4,7H2,1H3,(H,19,20). The molecule has 0 aliphatic carbocycles. The number of nitrogens with zero attached hydrogens (tertiary/aromatic N) is 1. The largest absolute Gasteiger partial charge is 0.352 e. The molecule has 2 rings (SSSR count). The van der Waals surface area contributed by atoms with Crippen LogP contribution in [0.25, 0.3) is 0 Å². The summed E-state index contributed by atoms with van der Waals surface area (Å²) in [4.78, 5) is 15.9. The van der Waals surface area contributed by atoms with Crippen LogP contribution in [0.3, 0.4) is 0 Å². The van der Waals surface area contributed by atoms with Crippen molar-refractivity contribution in [3.05, 3.63) is 63.6 Å². The van der Waals surface area contributed by atoms with Crippen molar-refractivity contribution in [1.29, 1.82) is 0 Å². The zero-order valence-electron chi connectivity index (χ0n) is 11.0. The lowest BCUT2D eigenvalue weighted by molar-refractivity contribution is 0.0954. The van der Waals surface area contributed by atoms with Crippen LogP contribution in [-0.2, 0) is 6.42 Å². The predicted octanol–water partition coefficient (Wildman–Crippen LogP) is 3.26. The van der Waals surface area contributed by atoms with Crippen LogP contribution >= 0.6 is 15.9 Å². The van der Waals surface area contributed by atoms with Crippen LogP contribution in [-0.4, -0.2) is 17.4 Å². The van der Waals surface area contributed by atoms with Crippen LogP contribution in [0.15, 0.2) is 41.1 Å². The number of rotatable bonds is 4. The molecule has 104 valence electrons. The molecule has 5 heteroatoms. The zero-order valence-corrected chi connectivity index (χ0v) is 12.6. The van der Waals surface area contributed by atoms with Crippen molar-refractivity contribution in [2.24, 2.45) is 0 Å². The maximum absolute atomic E-state index is 13.0. The number of halogens is 2. The second-order valence-electron chi connectivity index (χ2n) is 4.44. The van der Waals surface area contributed by atoms with E-state index < -0.39 is 0 Å². The van der Waals surface area contributed by atoms with Gasteiger partial charge in [-0.15, -0.1) is 0 Å². The molecule has 20 heavy (non-hydrogen) atoms. The summed E-state index contributed by atoms with van der Waals surface area (Å²) >= 11 is 3.22. The van der Waals surface area contributed by atoms with Gasteiger partial charge in [0.25, 0.3) is 5.91 Å². The van der Waals surface area contributed by atoms with Crippen LogP contribution in [0.2, 0.25) is 0 Å². The number of nitrogens with one attached hydrogen (secondary N) is 1. The maximum Gasteiger partial charge on any atom is 0.251 e. The van der Waals surface area contributed by atoms with Crippen LogP contribution in [0.1, 0.15) is 21.5 Å². The molecular formula is C15H14BrFN2O. The van der Waals surface area contributed by atoms with Crippen molar-refractivity contribution < 1.29 is 9.18 Å². The van der Waals surface area contributed by atoms with Gasteiger partial charge in [0.05, 0.1) is 0 Å². The number of aromatic nitrogens is 1. The predicted molar refractivity (Wildman–Crippen MR) is 79.1 cm³/mol. The van der Waals surface area contributed by atoms with Crippen LogP contribution in [0.5, 0.6) is 0 Å². The van der Waals surface area contributed by atoms with Gasteiger partial charge in [-0.25, -0.2) is 9.37 Å². The molecule has 2 aromatic rings. The Balaban J connectivity index is 1.91. The summed E-state index contributed by atoms with van der Waals surface area (Å²) in [6.07, 6.45) is 2.24. The summed E-state index contributed by atoms with van der Waals surface area (Å²) in [5, 5.41) is 2.84. The van der Waals surface area contributed by atoms with Gasteiger partial charge < -0.3 is 5.32 Å². The number of hydrogen-bond acceptors (Lipinski definition) is 2. The van der Waals surface area contributed by atoms with Gasteiger partial charge in [-0.05, 0) is 64.7 Å². The fourth-order valence-electron chi connectivity index (χ4n) is 1.90. The number of aryl methyl sites for hydroxylation is 1. The molecule has 0 fully saturated rings. The minimum absolute atomic E-state index is 0.145. The minimum atomic E-state index is -0.239. The Morgan fingerprint density at radius 1 is 1.35 bits per heavy atom. The third-order valence-electron chi connectivity index (χ3n) is 2.97. The van der Waals surface area contributed by atoms with E-state index in [9.17, 15) is 9.18 Å². The molecule has 1 amide bonds. The van der Waals surface area contributed by atoms with E-state index >= 15 is 0 Å². The number of carbonyl (C=O) groups is 1. The Labute approximate surface area is 125 Å². The van der Waals surface area contributed by atoms with Crippen molar-refractivity contribution in [1.82, 2.24) is 10.3 Å². The second kappa shape index (κ2) is 6.61. The molecule has 0 unspecified atom stereocenters. The molecule has 0 saturated heterocycles. The van der Waals surface area contributed by atoms with Gasteiger partial charge in [0, 0.05) is 18.3 Å². The van der Waals surface area contributed by atoms with Gasteiger partial charge in [0.1, 0.15) is 10.4 Å². The van der Waals surface area contributed by atoms with E-state index in [4.69, 9.17) is 0 Å². The van der Waals surface area contributed by atoms with Gasteiger partial charge in [-0.2, -0.15) is 0 Å². The third-order valence-corrected chi connectivity index (χ3v) is 3.41. The quantitative estimate of drug-likeness (QED) is 0.870. The first-order valence-corrected chi connectivity index (χ1v) is 7.00. The SMILES string of the molecule is Cc1cc(F)ccc1CCNC(=O)c1ccnc(Br)c1. The van der Waals surface area contributed by atoms with Crippen molar-refractivity contribution in [3.8, 4) is 0 Å². The normalized spacial score (nSPS) is 10.3. The Kier molecular flexibility index (Phi) is 4.84.